The van der Waals surface area contributed by atoms with E-state index in [1.54, 1.807) is 0 Å². The van der Waals surface area contributed by atoms with Crippen molar-refractivity contribution in [3.63, 3.8) is 0 Å². The Bertz CT molecular complexity index is 221. The number of hydrogen-bond donors (Lipinski definition) is 0. The minimum atomic E-state index is 0.116. The minimum absolute atomic E-state index is 0.116. The second-order valence-electron chi connectivity index (χ2n) is 4.89. The van der Waals surface area contributed by atoms with Gasteiger partial charge >= 0.3 is 0 Å². The molecule has 0 aromatic rings. The van der Waals surface area contributed by atoms with Crippen LogP contribution < -0.4 is 0 Å². The maximum Gasteiger partial charge on any atom is 0.143 e. The van der Waals surface area contributed by atoms with Crippen molar-refractivity contribution in [2.45, 2.75) is 78.6 Å². The third kappa shape index (κ3) is 8.12. The Morgan fingerprint density at radius 2 is 1.59 bits per heavy atom. The lowest BCUT2D eigenvalue weighted by Crippen LogP contribution is -2.17. The highest BCUT2D eigenvalue weighted by Crippen LogP contribution is 2.16. The Morgan fingerprint density at radius 1 is 0.941 bits per heavy atom. The summed E-state index contributed by atoms with van der Waals surface area (Å²) in [5, 5.41) is 0. The van der Waals surface area contributed by atoms with Crippen LogP contribution in [-0.2, 0) is 9.59 Å². The van der Waals surface area contributed by atoms with E-state index in [9.17, 15) is 9.59 Å². The van der Waals surface area contributed by atoms with Crippen molar-refractivity contribution >= 4 is 11.6 Å². The zero-order valence-electron chi connectivity index (χ0n) is 11.8. The van der Waals surface area contributed by atoms with E-state index in [-0.39, 0.29) is 23.9 Å². The molecule has 0 rings (SSSR count). The fraction of sp³-hybridized carbons (Fsp3) is 0.867. The molecule has 0 spiro atoms. The molecule has 0 heterocycles. The molecule has 17 heavy (non-hydrogen) atoms. The molecule has 1 unspecified atom stereocenters. The Balaban J connectivity index is 3.90. The summed E-state index contributed by atoms with van der Waals surface area (Å²) in [6.45, 7) is 6.29. The van der Waals surface area contributed by atoms with E-state index in [0.717, 1.165) is 44.9 Å². The van der Waals surface area contributed by atoms with Gasteiger partial charge in [-0.25, -0.2) is 0 Å². The third-order valence-electron chi connectivity index (χ3n) is 3.28. The van der Waals surface area contributed by atoms with E-state index in [1.165, 1.54) is 0 Å². The maximum absolute atomic E-state index is 11.9. The van der Waals surface area contributed by atoms with E-state index in [4.69, 9.17) is 0 Å². The number of Topliss-reactive ketones (excluding diaryl/α,β-unsaturated/α-hetero) is 2. The van der Waals surface area contributed by atoms with Gasteiger partial charge in [0, 0.05) is 12.3 Å². The number of carbonyl (C=O) groups excluding carboxylic acids is 2. The lowest BCUT2D eigenvalue weighted by atomic mass is 9.91. The Labute approximate surface area is 106 Å². The average molecular weight is 240 g/mol. The van der Waals surface area contributed by atoms with Gasteiger partial charge in [0.05, 0.1) is 6.42 Å². The lowest BCUT2D eigenvalue weighted by Gasteiger charge is -2.12. The van der Waals surface area contributed by atoms with Gasteiger partial charge < -0.3 is 0 Å². The molecule has 0 aromatic carbocycles. The summed E-state index contributed by atoms with van der Waals surface area (Å²) in [5.74, 6) is 0.422. The number of hydrogen-bond acceptors (Lipinski definition) is 2. The van der Waals surface area contributed by atoms with Crippen molar-refractivity contribution in [2.75, 3.05) is 0 Å². The van der Waals surface area contributed by atoms with Crippen LogP contribution in [-0.4, -0.2) is 11.6 Å². The van der Waals surface area contributed by atoms with Gasteiger partial charge in [0.15, 0.2) is 0 Å². The first-order chi connectivity index (χ1) is 8.15. The van der Waals surface area contributed by atoms with E-state index < -0.39 is 0 Å². The van der Waals surface area contributed by atoms with Crippen molar-refractivity contribution in [1.82, 2.24) is 0 Å². The SMILES string of the molecule is CCCCCC(=O)CC(=O)C(CC)CCCC. The Kier molecular flexibility index (Phi) is 10.1. The van der Waals surface area contributed by atoms with Gasteiger partial charge in [-0.15, -0.1) is 0 Å². The molecule has 100 valence electrons. The molecule has 0 saturated carbocycles. The van der Waals surface area contributed by atoms with Crippen LogP contribution in [0.2, 0.25) is 0 Å². The normalized spacial score (nSPS) is 12.4. The van der Waals surface area contributed by atoms with E-state index in [0.29, 0.717) is 6.42 Å². The predicted octanol–water partition coefficient (Wildman–Crippen LogP) is 4.31. The van der Waals surface area contributed by atoms with Crippen LogP contribution in [0.25, 0.3) is 0 Å². The topological polar surface area (TPSA) is 34.1 Å². The summed E-state index contributed by atoms with van der Waals surface area (Å²) in [6, 6.07) is 0. The fourth-order valence-corrected chi connectivity index (χ4v) is 2.04. The van der Waals surface area contributed by atoms with Gasteiger partial charge in [-0.2, -0.15) is 0 Å². The van der Waals surface area contributed by atoms with Crippen LogP contribution in [0.1, 0.15) is 78.6 Å². The molecule has 0 radical (unpaired) electrons. The minimum Gasteiger partial charge on any atom is -0.299 e. The van der Waals surface area contributed by atoms with Gasteiger partial charge in [-0.3, -0.25) is 9.59 Å². The van der Waals surface area contributed by atoms with Gasteiger partial charge in [0.25, 0.3) is 0 Å². The quantitative estimate of drug-likeness (QED) is 0.398. The number of unbranched alkanes of at least 4 members (excludes halogenated alkanes) is 3. The number of ketones is 2. The first-order valence-corrected chi connectivity index (χ1v) is 7.20. The Hall–Kier alpha value is -0.660. The van der Waals surface area contributed by atoms with Gasteiger partial charge in [0.1, 0.15) is 11.6 Å². The summed E-state index contributed by atoms with van der Waals surface area (Å²) in [6.07, 6.45) is 7.95. The van der Waals surface area contributed by atoms with Crippen LogP contribution in [0.5, 0.6) is 0 Å². The summed E-state index contributed by atoms with van der Waals surface area (Å²) >= 11 is 0. The average Bonchev–Trinajstić information content (AvgIpc) is 2.30. The number of carbonyl (C=O) groups is 2. The van der Waals surface area contributed by atoms with Crippen molar-refractivity contribution in [2.24, 2.45) is 5.92 Å². The highest BCUT2D eigenvalue weighted by Gasteiger charge is 2.18. The summed E-state index contributed by atoms with van der Waals surface area (Å²) in [4.78, 5) is 23.5. The van der Waals surface area contributed by atoms with Crippen molar-refractivity contribution in [3.05, 3.63) is 0 Å². The molecule has 0 saturated heterocycles. The van der Waals surface area contributed by atoms with E-state index in [1.807, 2.05) is 6.92 Å². The molecule has 0 aliphatic heterocycles. The summed E-state index contributed by atoms with van der Waals surface area (Å²) < 4.78 is 0. The van der Waals surface area contributed by atoms with Crippen molar-refractivity contribution in [1.29, 1.82) is 0 Å². The predicted molar refractivity (Wildman–Crippen MR) is 72.1 cm³/mol. The highest BCUT2D eigenvalue weighted by atomic mass is 16.1. The highest BCUT2D eigenvalue weighted by molar-refractivity contribution is 6.00. The molecular formula is C15H28O2. The number of rotatable bonds is 11. The molecule has 0 aliphatic rings. The molecule has 0 amide bonds. The monoisotopic (exact) mass is 240 g/mol. The molecule has 1 atom stereocenters. The molecule has 0 aliphatic carbocycles. The molecule has 2 heteroatoms. The zero-order valence-corrected chi connectivity index (χ0v) is 11.8. The van der Waals surface area contributed by atoms with E-state index in [2.05, 4.69) is 13.8 Å². The smallest absolute Gasteiger partial charge is 0.143 e. The van der Waals surface area contributed by atoms with Crippen LogP contribution in [0, 0.1) is 5.92 Å². The first kappa shape index (κ1) is 16.3. The molecule has 0 N–H and O–H groups in total. The molecular weight excluding hydrogens is 212 g/mol. The molecule has 0 fully saturated rings. The van der Waals surface area contributed by atoms with Gasteiger partial charge in [-0.05, 0) is 19.3 Å². The largest absolute Gasteiger partial charge is 0.299 e. The summed E-state index contributed by atoms with van der Waals surface area (Å²) in [5.41, 5.74) is 0. The van der Waals surface area contributed by atoms with Gasteiger partial charge in [0.2, 0.25) is 0 Å². The third-order valence-corrected chi connectivity index (χ3v) is 3.28. The molecule has 2 nitrogen and oxygen atoms in total. The van der Waals surface area contributed by atoms with Crippen LogP contribution >= 0.6 is 0 Å². The van der Waals surface area contributed by atoms with E-state index >= 15 is 0 Å². The van der Waals surface area contributed by atoms with Crippen LogP contribution in [0.15, 0.2) is 0 Å². The van der Waals surface area contributed by atoms with Crippen molar-refractivity contribution in [3.8, 4) is 0 Å². The second kappa shape index (κ2) is 10.5. The lowest BCUT2D eigenvalue weighted by molar-refractivity contribution is -0.129. The fourth-order valence-electron chi connectivity index (χ4n) is 2.04. The Morgan fingerprint density at radius 3 is 2.12 bits per heavy atom. The first-order valence-electron chi connectivity index (χ1n) is 7.20. The summed E-state index contributed by atoms with van der Waals surface area (Å²) in [7, 11) is 0. The maximum atomic E-state index is 11.9. The van der Waals surface area contributed by atoms with Gasteiger partial charge in [-0.1, -0.05) is 46.5 Å². The second-order valence-corrected chi connectivity index (χ2v) is 4.89. The standard InChI is InChI=1S/C15H28O2/c1-4-7-9-11-14(16)12-15(17)13(6-3)10-8-5-2/h13H,4-12H2,1-3H3. The van der Waals surface area contributed by atoms with Crippen LogP contribution in [0.3, 0.4) is 0 Å². The van der Waals surface area contributed by atoms with Crippen molar-refractivity contribution < 1.29 is 9.59 Å². The van der Waals surface area contributed by atoms with Crippen LogP contribution in [0.4, 0.5) is 0 Å². The zero-order chi connectivity index (χ0) is 13.1. The molecule has 0 bridgehead atoms. The molecule has 0 aromatic heterocycles.